The molecule has 2 N–H and O–H groups in total. The fourth-order valence-electron chi connectivity index (χ4n) is 1.06. The lowest BCUT2D eigenvalue weighted by molar-refractivity contribution is 0.0696. The third kappa shape index (κ3) is 3.26. The lowest BCUT2D eigenvalue weighted by Crippen LogP contribution is -2.24. The van der Waals surface area contributed by atoms with E-state index in [1.165, 1.54) is 12.1 Å². The fourth-order valence-corrected chi connectivity index (χ4v) is 3.05. The number of nitrogens with one attached hydrogen (secondary N) is 1. The zero-order valence-corrected chi connectivity index (χ0v) is 10.7. The van der Waals surface area contributed by atoms with E-state index in [4.69, 9.17) is 10.4 Å². The first kappa shape index (κ1) is 13.6. The van der Waals surface area contributed by atoms with Crippen molar-refractivity contribution in [2.45, 2.75) is 4.90 Å². The van der Waals surface area contributed by atoms with E-state index in [0.29, 0.717) is 0 Å². The van der Waals surface area contributed by atoms with Crippen LogP contribution in [0.25, 0.3) is 0 Å². The third-order valence-corrected chi connectivity index (χ3v) is 4.19. The number of sulfonamides is 1. The average molecular weight is 319 g/mol. The smallest absolute Gasteiger partial charge is 0.335 e. The van der Waals surface area contributed by atoms with Gasteiger partial charge in [0.25, 0.3) is 0 Å². The highest BCUT2D eigenvalue weighted by atomic mass is 79.9. The lowest BCUT2D eigenvalue weighted by Gasteiger charge is -2.06. The molecule has 0 aromatic heterocycles. The molecule has 0 heterocycles. The van der Waals surface area contributed by atoms with Gasteiger partial charge in [0.05, 0.1) is 23.1 Å². The van der Waals surface area contributed by atoms with Crippen molar-refractivity contribution in [2.75, 3.05) is 6.54 Å². The molecule has 1 aromatic rings. The number of aromatic carboxylic acids is 1. The second-order valence-corrected chi connectivity index (χ2v) is 5.52. The number of carbonyl (C=O) groups is 1. The molecule has 0 radical (unpaired) electrons. The molecule has 0 spiro atoms. The molecule has 17 heavy (non-hydrogen) atoms. The minimum Gasteiger partial charge on any atom is -0.478 e. The fraction of sp³-hybridized carbons (Fsp3) is 0.111. The van der Waals surface area contributed by atoms with Gasteiger partial charge in [0.15, 0.2) is 0 Å². The van der Waals surface area contributed by atoms with Crippen LogP contribution in [0.5, 0.6) is 0 Å². The van der Waals surface area contributed by atoms with Crippen LogP contribution in [0.1, 0.15) is 10.4 Å². The van der Waals surface area contributed by atoms with Gasteiger partial charge in [-0.2, -0.15) is 9.98 Å². The van der Waals surface area contributed by atoms with Gasteiger partial charge in [0, 0.05) is 4.47 Å². The Hall–Kier alpha value is -1.43. The van der Waals surface area contributed by atoms with Gasteiger partial charge < -0.3 is 5.11 Å². The topological polar surface area (TPSA) is 107 Å². The number of hydrogen-bond acceptors (Lipinski definition) is 4. The number of rotatable bonds is 4. The van der Waals surface area contributed by atoms with Crippen molar-refractivity contribution in [3.05, 3.63) is 28.2 Å². The Bertz CT molecular complexity index is 592. The van der Waals surface area contributed by atoms with Gasteiger partial charge in [-0.1, -0.05) is 0 Å². The van der Waals surface area contributed by atoms with Gasteiger partial charge >= 0.3 is 5.97 Å². The van der Waals surface area contributed by atoms with E-state index in [1.807, 2.05) is 4.72 Å². The van der Waals surface area contributed by atoms with Crippen LogP contribution in [-0.4, -0.2) is 26.0 Å². The zero-order chi connectivity index (χ0) is 13.1. The van der Waals surface area contributed by atoms with Gasteiger partial charge in [0.2, 0.25) is 10.0 Å². The molecule has 1 aromatic carbocycles. The predicted octanol–water partition coefficient (Wildman–Crippen LogP) is 0.949. The average Bonchev–Trinajstić information content (AvgIpc) is 2.25. The second kappa shape index (κ2) is 5.27. The van der Waals surface area contributed by atoms with Crippen molar-refractivity contribution in [1.29, 1.82) is 5.26 Å². The van der Waals surface area contributed by atoms with E-state index in [-0.39, 0.29) is 21.5 Å². The van der Waals surface area contributed by atoms with E-state index < -0.39 is 16.0 Å². The summed E-state index contributed by atoms with van der Waals surface area (Å²) < 4.78 is 25.5. The van der Waals surface area contributed by atoms with Crippen LogP contribution in [0.3, 0.4) is 0 Å². The van der Waals surface area contributed by atoms with Gasteiger partial charge in [-0.15, -0.1) is 0 Å². The van der Waals surface area contributed by atoms with Crippen LogP contribution < -0.4 is 4.72 Å². The van der Waals surface area contributed by atoms with Gasteiger partial charge in [-0.05, 0) is 34.1 Å². The van der Waals surface area contributed by atoms with Gasteiger partial charge in [-0.3, -0.25) is 0 Å². The van der Waals surface area contributed by atoms with Crippen LogP contribution in [0.15, 0.2) is 27.6 Å². The summed E-state index contributed by atoms with van der Waals surface area (Å²) in [7, 11) is -3.81. The lowest BCUT2D eigenvalue weighted by atomic mass is 10.2. The molecule has 0 amide bonds. The minimum atomic E-state index is -3.81. The SMILES string of the molecule is N#CCNS(=O)(=O)c1ccc(C(=O)O)cc1Br. The third-order valence-electron chi connectivity index (χ3n) is 1.81. The molecule has 90 valence electrons. The number of hydrogen-bond donors (Lipinski definition) is 2. The molecule has 8 heteroatoms. The maximum Gasteiger partial charge on any atom is 0.335 e. The van der Waals surface area contributed by atoms with E-state index in [0.717, 1.165) is 6.07 Å². The molecule has 0 unspecified atom stereocenters. The minimum absolute atomic E-state index is 0.0314. The summed E-state index contributed by atoms with van der Waals surface area (Å²) in [6.07, 6.45) is 0. The van der Waals surface area contributed by atoms with E-state index >= 15 is 0 Å². The number of benzene rings is 1. The Morgan fingerprint density at radius 1 is 1.53 bits per heavy atom. The van der Waals surface area contributed by atoms with Crippen molar-refractivity contribution >= 4 is 31.9 Å². The van der Waals surface area contributed by atoms with Crippen molar-refractivity contribution in [3.8, 4) is 6.07 Å². The Morgan fingerprint density at radius 3 is 2.65 bits per heavy atom. The Kier molecular flexibility index (Phi) is 4.22. The number of nitrogens with zero attached hydrogens (tertiary/aromatic N) is 1. The number of halogens is 1. The van der Waals surface area contributed by atoms with Crippen LogP contribution in [0.4, 0.5) is 0 Å². The number of carboxylic acid groups (broad SMARTS) is 1. The maximum absolute atomic E-state index is 11.7. The van der Waals surface area contributed by atoms with Crippen LogP contribution in [0, 0.1) is 11.3 Å². The van der Waals surface area contributed by atoms with Crippen LogP contribution >= 0.6 is 15.9 Å². The normalized spacial score (nSPS) is 10.8. The standard InChI is InChI=1S/C9H7BrN2O4S/c10-7-5-6(9(13)14)1-2-8(7)17(15,16)12-4-3-11/h1-2,5,12H,4H2,(H,13,14). The Balaban J connectivity index is 3.17. The van der Waals surface area contributed by atoms with E-state index in [1.54, 1.807) is 6.07 Å². The highest BCUT2D eigenvalue weighted by Gasteiger charge is 2.18. The summed E-state index contributed by atoms with van der Waals surface area (Å²) in [4.78, 5) is 10.5. The summed E-state index contributed by atoms with van der Waals surface area (Å²) in [6.45, 7) is -0.352. The molecule has 0 fully saturated rings. The molecule has 0 saturated heterocycles. The Morgan fingerprint density at radius 2 is 2.18 bits per heavy atom. The highest BCUT2D eigenvalue weighted by Crippen LogP contribution is 2.23. The quantitative estimate of drug-likeness (QED) is 0.804. The number of carboxylic acids is 1. The molecule has 0 aliphatic rings. The monoisotopic (exact) mass is 318 g/mol. The highest BCUT2D eigenvalue weighted by molar-refractivity contribution is 9.10. The van der Waals surface area contributed by atoms with Crippen LogP contribution in [0.2, 0.25) is 0 Å². The maximum atomic E-state index is 11.7. The molecular weight excluding hydrogens is 312 g/mol. The largest absolute Gasteiger partial charge is 0.478 e. The van der Waals surface area contributed by atoms with Crippen molar-refractivity contribution in [1.82, 2.24) is 4.72 Å². The van der Waals surface area contributed by atoms with E-state index in [2.05, 4.69) is 15.9 Å². The second-order valence-electron chi connectivity index (χ2n) is 2.93. The molecule has 0 saturated carbocycles. The predicted molar refractivity (Wildman–Crippen MR) is 61.9 cm³/mol. The summed E-state index contributed by atoms with van der Waals surface area (Å²) in [5.41, 5.74) is -0.0314. The molecular formula is C9H7BrN2O4S. The summed E-state index contributed by atoms with van der Waals surface area (Å²) in [5.74, 6) is -1.15. The van der Waals surface area contributed by atoms with Crippen LogP contribution in [-0.2, 0) is 10.0 Å². The van der Waals surface area contributed by atoms with Gasteiger partial charge in [0.1, 0.15) is 0 Å². The summed E-state index contributed by atoms with van der Waals surface area (Å²) in [6, 6.07) is 5.16. The molecule has 0 aliphatic heterocycles. The van der Waals surface area contributed by atoms with Crippen molar-refractivity contribution in [2.24, 2.45) is 0 Å². The summed E-state index contributed by atoms with van der Waals surface area (Å²) >= 11 is 2.98. The molecule has 0 atom stereocenters. The van der Waals surface area contributed by atoms with E-state index in [9.17, 15) is 13.2 Å². The summed E-state index contributed by atoms with van der Waals surface area (Å²) in [5, 5.41) is 17.0. The molecule has 0 aliphatic carbocycles. The Labute approximate surface area is 106 Å². The molecule has 6 nitrogen and oxygen atoms in total. The molecule has 0 bridgehead atoms. The zero-order valence-electron chi connectivity index (χ0n) is 8.34. The molecule has 1 rings (SSSR count). The first-order valence-corrected chi connectivity index (χ1v) is 6.55. The van der Waals surface area contributed by atoms with Crippen molar-refractivity contribution in [3.63, 3.8) is 0 Å². The number of nitriles is 1. The van der Waals surface area contributed by atoms with Crippen molar-refractivity contribution < 1.29 is 18.3 Å². The van der Waals surface area contributed by atoms with Gasteiger partial charge in [-0.25, -0.2) is 13.2 Å². The first-order valence-electron chi connectivity index (χ1n) is 4.28. The first-order chi connectivity index (χ1) is 7.88.